The number of benzene rings is 1. The Kier molecular flexibility index (Phi) is 5.34. The quantitative estimate of drug-likeness (QED) is 0.619. The molecule has 1 fully saturated rings. The van der Waals surface area contributed by atoms with Crippen molar-refractivity contribution in [3.8, 4) is 0 Å². The Morgan fingerprint density at radius 2 is 1.94 bits per heavy atom. The standard InChI is InChI=1S/C27H33N3O3/c1-17-8-10-20(11-9-17)15-30-25(31)23-14-24-22(12-13-33-24)29(23)16-27(30,4)26(32)28-21-7-5-6-18(2)19(21)3/h8-14,18-19,21H,5-7,15-16H2,1-4H3,(H,28,32). The number of hydrogen-bond acceptors (Lipinski definition) is 3. The van der Waals surface area contributed by atoms with E-state index in [9.17, 15) is 9.59 Å². The van der Waals surface area contributed by atoms with Crippen LogP contribution in [0.5, 0.6) is 0 Å². The van der Waals surface area contributed by atoms with Gasteiger partial charge in [-0.15, -0.1) is 0 Å². The molecule has 0 bridgehead atoms. The third kappa shape index (κ3) is 3.65. The summed E-state index contributed by atoms with van der Waals surface area (Å²) in [5, 5.41) is 3.35. The predicted octanol–water partition coefficient (Wildman–Crippen LogP) is 4.90. The van der Waals surface area contributed by atoms with Crippen LogP contribution in [0, 0.1) is 18.8 Å². The Bertz CT molecular complexity index is 1190. The summed E-state index contributed by atoms with van der Waals surface area (Å²) in [5.41, 5.74) is 3.26. The molecular weight excluding hydrogens is 414 g/mol. The molecule has 6 heteroatoms. The molecule has 5 rings (SSSR count). The average molecular weight is 448 g/mol. The van der Waals surface area contributed by atoms with Gasteiger partial charge in [0.2, 0.25) is 5.91 Å². The number of furan rings is 1. The lowest BCUT2D eigenvalue weighted by atomic mass is 9.77. The monoisotopic (exact) mass is 447 g/mol. The highest BCUT2D eigenvalue weighted by molar-refractivity contribution is 6.02. The molecule has 2 aliphatic rings. The van der Waals surface area contributed by atoms with Gasteiger partial charge in [0, 0.05) is 24.7 Å². The molecule has 1 saturated carbocycles. The van der Waals surface area contributed by atoms with Gasteiger partial charge in [0.1, 0.15) is 11.2 Å². The number of carbonyl (C=O) groups is 2. The number of hydrogen-bond donors (Lipinski definition) is 1. The van der Waals surface area contributed by atoms with Crippen LogP contribution in [-0.4, -0.2) is 32.9 Å². The van der Waals surface area contributed by atoms with Crippen molar-refractivity contribution >= 4 is 22.9 Å². The lowest BCUT2D eigenvalue weighted by Crippen LogP contribution is -2.65. The van der Waals surface area contributed by atoms with Crippen molar-refractivity contribution in [2.75, 3.05) is 0 Å². The van der Waals surface area contributed by atoms with Crippen molar-refractivity contribution in [2.24, 2.45) is 11.8 Å². The van der Waals surface area contributed by atoms with E-state index in [0.29, 0.717) is 36.2 Å². The summed E-state index contributed by atoms with van der Waals surface area (Å²) < 4.78 is 7.51. The Balaban J connectivity index is 1.52. The van der Waals surface area contributed by atoms with Crippen LogP contribution in [0.1, 0.15) is 61.6 Å². The van der Waals surface area contributed by atoms with E-state index in [1.165, 1.54) is 12.0 Å². The van der Waals surface area contributed by atoms with E-state index in [1.54, 1.807) is 17.2 Å². The highest BCUT2D eigenvalue weighted by atomic mass is 16.3. The van der Waals surface area contributed by atoms with Crippen LogP contribution in [0.25, 0.3) is 11.1 Å². The number of amides is 2. The average Bonchev–Trinajstić information content (AvgIpc) is 3.38. The lowest BCUT2D eigenvalue weighted by molar-refractivity contribution is -0.134. The number of rotatable bonds is 4. The third-order valence-electron chi connectivity index (χ3n) is 8.02. The molecule has 2 aromatic heterocycles. The molecule has 1 N–H and O–H groups in total. The van der Waals surface area contributed by atoms with E-state index in [-0.39, 0.29) is 17.9 Å². The summed E-state index contributed by atoms with van der Waals surface area (Å²) in [6, 6.07) is 11.9. The molecule has 2 amide bonds. The molecule has 6 nitrogen and oxygen atoms in total. The maximum atomic E-state index is 13.9. The van der Waals surface area contributed by atoms with Crippen LogP contribution >= 0.6 is 0 Å². The van der Waals surface area contributed by atoms with Gasteiger partial charge in [0.25, 0.3) is 5.91 Å². The number of carbonyl (C=O) groups excluding carboxylic acids is 2. The van der Waals surface area contributed by atoms with Crippen molar-refractivity contribution < 1.29 is 14.0 Å². The second-order valence-electron chi connectivity index (χ2n) is 10.3. The summed E-state index contributed by atoms with van der Waals surface area (Å²) in [6.07, 6.45) is 4.94. The summed E-state index contributed by atoms with van der Waals surface area (Å²) in [7, 11) is 0. The molecule has 4 unspecified atom stereocenters. The van der Waals surface area contributed by atoms with Gasteiger partial charge in [0.15, 0.2) is 5.58 Å². The van der Waals surface area contributed by atoms with Crippen LogP contribution in [0.15, 0.2) is 47.1 Å². The summed E-state index contributed by atoms with van der Waals surface area (Å²) in [6.45, 7) is 9.21. The fourth-order valence-electron chi connectivity index (χ4n) is 5.51. The molecule has 3 heterocycles. The van der Waals surface area contributed by atoms with E-state index < -0.39 is 5.54 Å². The lowest BCUT2D eigenvalue weighted by Gasteiger charge is -2.45. The molecule has 1 aliphatic heterocycles. The molecule has 0 radical (unpaired) electrons. The minimum atomic E-state index is -1.02. The van der Waals surface area contributed by atoms with Gasteiger partial charge in [-0.1, -0.05) is 56.5 Å². The Morgan fingerprint density at radius 3 is 2.70 bits per heavy atom. The molecule has 0 saturated heterocycles. The van der Waals surface area contributed by atoms with Gasteiger partial charge in [-0.3, -0.25) is 9.59 Å². The topological polar surface area (TPSA) is 67.5 Å². The molecule has 3 aromatic rings. The fraction of sp³-hybridized carbons (Fsp3) is 0.481. The van der Waals surface area contributed by atoms with Crippen LogP contribution in [0.2, 0.25) is 0 Å². The fourth-order valence-corrected chi connectivity index (χ4v) is 5.51. The van der Waals surface area contributed by atoms with Crippen LogP contribution in [0.4, 0.5) is 0 Å². The van der Waals surface area contributed by atoms with E-state index in [4.69, 9.17) is 4.42 Å². The maximum absolute atomic E-state index is 13.9. The number of aromatic nitrogens is 1. The number of nitrogens with zero attached hydrogens (tertiary/aromatic N) is 2. The Hall–Kier alpha value is -3.02. The largest absolute Gasteiger partial charge is 0.463 e. The summed E-state index contributed by atoms with van der Waals surface area (Å²) >= 11 is 0. The van der Waals surface area contributed by atoms with Crippen LogP contribution in [0.3, 0.4) is 0 Å². The van der Waals surface area contributed by atoms with E-state index in [2.05, 4.69) is 19.2 Å². The predicted molar refractivity (Wildman–Crippen MR) is 128 cm³/mol. The van der Waals surface area contributed by atoms with Crippen LogP contribution < -0.4 is 5.32 Å². The first-order valence-corrected chi connectivity index (χ1v) is 12.0. The number of nitrogens with one attached hydrogen (secondary N) is 1. The van der Waals surface area contributed by atoms with E-state index in [0.717, 1.165) is 23.9 Å². The second-order valence-corrected chi connectivity index (χ2v) is 10.3. The smallest absolute Gasteiger partial charge is 0.271 e. The van der Waals surface area contributed by atoms with Gasteiger partial charge in [-0.25, -0.2) is 0 Å². The van der Waals surface area contributed by atoms with Gasteiger partial charge < -0.3 is 19.2 Å². The highest BCUT2D eigenvalue weighted by Gasteiger charge is 2.48. The van der Waals surface area contributed by atoms with Crippen molar-refractivity contribution in [1.29, 1.82) is 0 Å². The minimum absolute atomic E-state index is 0.0788. The Labute approximate surface area is 194 Å². The first kappa shape index (κ1) is 21.8. The van der Waals surface area contributed by atoms with Gasteiger partial charge >= 0.3 is 0 Å². The van der Waals surface area contributed by atoms with Crippen molar-refractivity contribution in [3.63, 3.8) is 0 Å². The number of aryl methyl sites for hydroxylation is 1. The summed E-state index contributed by atoms with van der Waals surface area (Å²) in [5.74, 6) is 0.773. The maximum Gasteiger partial charge on any atom is 0.271 e. The molecular formula is C27H33N3O3. The molecule has 1 aromatic carbocycles. The van der Waals surface area contributed by atoms with E-state index in [1.807, 2.05) is 48.7 Å². The Morgan fingerprint density at radius 1 is 1.18 bits per heavy atom. The normalized spacial score (nSPS) is 27.6. The van der Waals surface area contributed by atoms with Crippen LogP contribution in [-0.2, 0) is 17.9 Å². The first-order valence-electron chi connectivity index (χ1n) is 12.0. The molecule has 33 heavy (non-hydrogen) atoms. The SMILES string of the molecule is Cc1ccc(CN2C(=O)c3cc4occc4n3CC2(C)C(=O)NC2CCCC(C)C2C)cc1. The molecule has 174 valence electrons. The molecule has 4 atom stereocenters. The zero-order valence-corrected chi connectivity index (χ0v) is 19.9. The van der Waals surface area contributed by atoms with Crippen molar-refractivity contribution in [3.05, 3.63) is 59.5 Å². The summed E-state index contributed by atoms with van der Waals surface area (Å²) in [4.78, 5) is 29.4. The highest BCUT2D eigenvalue weighted by Crippen LogP contribution is 2.35. The van der Waals surface area contributed by atoms with E-state index >= 15 is 0 Å². The van der Waals surface area contributed by atoms with Crippen molar-refractivity contribution in [2.45, 2.75) is 71.6 Å². The number of fused-ring (bicyclic) bond motifs is 3. The molecule has 0 spiro atoms. The van der Waals surface area contributed by atoms with Gasteiger partial charge in [-0.05, 0) is 37.7 Å². The second kappa shape index (κ2) is 8.08. The third-order valence-corrected chi connectivity index (χ3v) is 8.02. The zero-order valence-electron chi connectivity index (χ0n) is 19.9. The molecule has 1 aliphatic carbocycles. The minimum Gasteiger partial charge on any atom is -0.463 e. The zero-order chi connectivity index (χ0) is 23.3. The first-order chi connectivity index (χ1) is 15.8. The van der Waals surface area contributed by atoms with Gasteiger partial charge in [0.05, 0.1) is 18.3 Å². The van der Waals surface area contributed by atoms with Gasteiger partial charge in [-0.2, -0.15) is 0 Å². The van der Waals surface area contributed by atoms with Crippen molar-refractivity contribution in [1.82, 2.24) is 14.8 Å².